The van der Waals surface area contributed by atoms with Gasteiger partial charge in [-0.15, -0.1) is 10.2 Å². The highest BCUT2D eigenvalue weighted by Gasteiger charge is 2.45. The number of carbonyl (C=O) groups excluding carboxylic acids is 5. The van der Waals surface area contributed by atoms with Crippen LogP contribution in [0.3, 0.4) is 0 Å². The molecule has 5 aliphatic heterocycles. The third-order valence-corrected chi connectivity index (χ3v) is 12.0. The second-order valence-corrected chi connectivity index (χ2v) is 15.8. The van der Waals surface area contributed by atoms with E-state index in [9.17, 15) is 37.1 Å². The van der Waals surface area contributed by atoms with E-state index in [-0.39, 0.29) is 54.7 Å². The molecule has 6 amide bonds. The first-order valence-electron chi connectivity index (χ1n) is 20.2. The number of imide groups is 2. The molecule has 320 valence electrons. The number of halogens is 4. The van der Waals surface area contributed by atoms with Crippen molar-refractivity contribution < 1.29 is 46.3 Å². The highest BCUT2D eigenvalue weighted by atomic mass is 19.4. The standard InChI is InChI=1S/C41H42F4N10O6/c42-31-20-28-29(39(59)55(38(28)58)32-3-5-35(56)48-37(32)57)21-33(31)53-13-7-24(8-14-53)23-51-11-9-27(10-12-51)61-36-6-4-34(49-50-36)47-40(60)54-17-15-52(16-18-54)26-2-1-25(22-46)30(19-26)41(43,44)45/h1-2,4,6,19-21,24,27,32H,3,5,7-18,23H2,(H,47,49,60)(H,48,56,57). The zero-order valence-corrected chi connectivity index (χ0v) is 32.9. The Kier molecular flexibility index (Phi) is 11.5. The minimum absolute atomic E-state index is 0.00161. The van der Waals surface area contributed by atoms with Crippen LogP contribution in [-0.4, -0.2) is 126 Å². The van der Waals surface area contributed by atoms with Crippen LogP contribution in [0.4, 0.5) is 39.5 Å². The van der Waals surface area contributed by atoms with E-state index in [2.05, 4.69) is 25.7 Å². The molecular formula is C41H42F4N10O6. The summed E-state index contributed by atoms with van der Waals surface area (Å²) in [7, 11) is 0. The van der Waals surface area contributed by atoms with Crippen LogP contribution >= 0.6 is 0 Å². The van der Waals surface area contributed by atoms with Crippen LogP contribution in [0.15, 0.2) is 42.5 Å². The fourth-order valence-electron chi connectivity index (χ4n) is 8.69. The number of piperidine rings is 3. The van der Waals surface area contributed by atoms with Crippen molar-refractivity contribution in [3.8, 4) is 11.9 Å². The fourth-order valence-corrected chi connectivity index (χ4v) is 8.69. The summed E-state index contributed by atoms with van der Waals surface area (Å²) in [5.74, 6) is -2.28. The largest absolute Gasteiger partial charge is 0.473 e. The summed E-state index contributed by atoms with van der Waals surface area (Å²) in [5.41, 5.74) is -0.900. The van der Waals surface area contributed by atoms with Gasteiger partial charge in [-0.3, -0.25) is 34.7 Å². The number of amides is 6. The molecule has 0 spiro atoms. The van der Waals surface area contributed by atoms with E-state index in [4.69, 9.17) is 10.00 Å². The molecule has 0 bridgehead atoms. The fraction of sp³-hybridized carbons (Fsp3) is 0.463. The Morgan fingerprint density at radius 2 is 1.56 bits per heavy atom. The molecule has 1 atom stereocenters. The summed E-state index contributed by atoms with van der Waals surface area (Å²) in [6.07, 6.45) is -1.55. The lowest BCUT2D eigenvalue weighted by atomic mass is 9.94. The maximum atomic E-state index is 15.4. The molecule has 16 nitrogen and oxygen atoms in total. The minimum atomic E-state index is -4.66. The smallest absolute Gasteiger partial charge is 0.417 e. The summed E-state index contributed by atoms with van der Waals surface area (Å²) >= 11 is 0. The van der Waals surface area contributed by atoms with E-state index in [0.717, 1.165) is 68.4 Å². The van der Waals surface area contributed by atoms with Crippen LogP contribution < -0.4 is 25.2 Å². The van der Waals surface area contributed by atoms with E-state index in [1.54, 1.807) is 23.1 Å². The molecule has 1 aromatic heterocycles. The van der Waals surface area contributed by atoms with Crippen LogP contribution in [0.1, 0.15) is 70.4 Å². The number of alkyl halides is 3. The van der Waals surface area contributed by atoms with E-state index in [1.807, 2.05) is 4.90 Å². The van der Waals surface area contributed by atoms with Crippen molar-refractivity contribution in [1.82, 2.24) is 30.2 Å². The molecule has 1 unspecified atom stereocenters. The summed E-state index contributed by atoms with van der Waals surface area (Å²) < 4.78 is 61.8. The van der Waals surface area contributed by atoms with E-state index >= 15 is 4.39 Å². The Balaban J connectivity index is 0.754. The molecule has 2 aromatic carbocycles. The molecule has 20 heteroatoms. The Morgan fingerprint density at radius 3 is 2.20 bits per heavy atom. The number of anilines is 3. The molecule has 4 saturated heterocycles. The highest BCUT2D eigenvalue weighted by molar-refractivity contribution is 6.23. The number of benzene rings is 2. The van der Waals surface area contributed by atoms with Gasteiger partial charge in [0.1, 0.15) is 18.0 Å². The van der Waals surface area contributed by atoms with Crippen LogP contribution in [0.2, 0.25) is 0 Å². The van der Waals surface area contributed by atoms with Gasteiger partial charge in [0.15, 0.2) is 5.82 Å². The number of hydrogen-bond donors (Lipinski definition) is 2. The van der Waals surface area contributed by atoms with Gasteiger partial charge in [0.25, 0.3) is 11.8 Å². The molecule has 0 aliphatic carbocycles. The van der Waals surface area contributed by atoms with E-state index < -0.39 is 58.8 Å². The van der Waals surface area contributed by atoms with Crippen molar-refractivity contribution in [2.45, 2.75) is 56.8 Å². The van der Waals surface area contributed by atoms with Crippen molar-refractivity contribution in [3.63, 3.8) is 0 Å². The van der Waals surface area contributed by atoms with Crippen LogP contribution in [0.25, 0.3) is 0 Å². The average molecular weight is 847 g/mol. The zero-order valence-electron chi connectivity index (χ0n) is 32.9. The lowest BCUT2D eigenvalue weighted by molar-refractivity contribution is -0.138. The number of likely N-dealkylation sites (tertiary alicyclic amines) is 1. The molecule has 2 N–H and O–H groups in total. The predicted octanol–water partition coefficient (Wildman–Crippen LogP) is 4.02. The molecule has 8 rings (SSSR count). The van der Waals surface area contributed by atoms with Crippen molar-refractivity contribution in [1.29, 1.82) is 5.26 Å². The minimum Gasteiger partial charge on any atom is -0.473 e. The molecule has 6 heterocycles. The lowest BCUT2D eigenvalue weighted by Crippen LogP contribution is -2.54. The number of nitriles is 1. The Hall–Kier alpha value is -6.36. The SMILES string of the molecule is N#Cc1ccc(N2CCN(C(=O)Nc3ccc(OC4CCN(CC5CCN(c6cc7c(cc6F)C(=O)N(C6CCC(=O)NC6=O)C7=O)CC5)CC4)nn3)CC2)cc1C(F)(F)F. The summed E-state index contributed by atoms with van der Waals surface area (Å²) in [5, 5.41) is 22.2. The van der Waals surface area contributed by atoms with Gasteiger partial charge in [0, 0.05) is 77.1 Å². The molecule has 0 saturated carbocycles. The lowest BCUT2D eigenvalue weighted by Gasteiger charge is -2.38. The number of ether oxygens (including phenoxy) is 1. The molecule has 5 aliphatic rings. The first-order chi connectivity index (χ1) is 29.2. The third kappa shape index (κ3) is 8.78. The van der Waals surface area contributed by atoms with Crippen molar-refractivity contribution in [3.05, 3.63) is 70.5 Å². The second kappa shape index (κ2) is 17.0. The summed E-state index contributed by atoms with van der Waals surface area (Å²) in [6.45, 7) is 4.77. The number of rotatable bonds is 8. The Morgan fingerprint density at radius 1 is 0.852 bits per heavy atom. The average Bonchev–Trinajstić information content (AvgIpc) is 3.48. The monoisotopic (exact) mass is 846 g/mol. The number of urea groups is 1. The van der Waals surface area contributed by atoms with E-state index in [0.29, 0.717) is 43.7 Å². The Labute approximate surface area is 347 Å². The number of carbonyl (C=O) groups is 5. The number of fused-ring (bicyclic) bond motifs is 1. The molecule has 3 aromatic rings. The molecule has 4 fully saturated rings. The van der Waals surface area contributed by atoms with Gasteiger partial charge in [-0.05, 0) is 74.4 Å². The van der Waals surface area contributed by atoms with Crippen LogP contribution in [0, 0.1) is 23.1 Å². The van der Waals surface area contributed by atoms with Gasteiger partial charge in [0.2, 0.25) is 17.7 Å². The molecule has 0 radical (unpaired) electrons. The van der Waals surface area contributed by atoms with Gasteiger partial charge in [-0.25, -0.2) is 9.18 Å². The van der Waals surface area contributed by atoms with E-state index in [1.165, 1.54) is 17.0 Å². The number of aromatic nitrogens is 2. The first-order valence-corrected chi connectivity index (χ1v) is 20.2. The van der Waals surface area contributed by atoms with Gasteiger partial charge >= 0.3 is 12.2 Å². The van der Waals surface area contributed by atoms with Gasteiger partial charge in [-0.1, -0.05) is 0 Å². The van der Waals surface area contributed by atoms with Crippen molar-refractivity contribution in [2.75, 3.05) is 74.0 Å². The quantitative estimate of drug-likeness (QED) is 0.246. The van der Waals surface area contributed by atoms with Gasteiger partial charge < -0.3 is 24.3 Å². The normalized spacial score (nSPS) is 20.7. The number of piperazine rings is 1. The number of nitrogens with zero attached hydrogens (tertiary/aromatic N) is 8. The maximum Gasteiger partial charge on any atom is 0.417 e. The van der Waals surface area contributed by atoms with Gasteiger partial charge in [-0.2, -0.15) is 18.4 Å². The van der Waals surface area contributed by atoms with Crippen LogP contribution in [-0.2, 0) is 15.8 Å². The van der Waals surface area contributed by atoms with Gasteiger partial charge in [0.05, 0.1) is 34.0 Å². The first kappa shape index (κ1) is 41.4. The van der Waals surface area contributed by atoms with Crippen molar-refractivity contribution in [2.24, 2.45) is 5.92 Å². The summed E-state index contributed by atoms with van der Waals surface area (Å²) in [4.78, 5) is 71.7. The Bertz CT molecular complexity index is 2260. The molecule has 61 heavy (non-hydrogen) atoms. The zero-order chi connectivity index (χ0) is 43.0. The van der Waals surface area contributed by atoms with Crippen LogP contribution in [0.5, 0.6) is 5.88 Å². The molecular weight excluding hydrogens is 805 g/mol. The summed E-state index contributed by atoms with van der Waals surface area (Å²) in [6, 6.07) is 9.35. The van der Waals surface area contributed by atoms with Crippen molar-refractivity contribution >= 4 is 46.9 Å². The number of nitrogens with one attached hydrogen (secondary N) is 2. The number of hydrogen-bond acceptors (Lipinski definition) is 12. The third-order valence-electron chi connectivity index (χ3n) is 12.0. The highest BCUT2D eigenvalue weighted by Crippen LogP contribution is 2.36. The predicted molar refractivity (Wildman–Crippen MR) is 209 cm³/mol. The topological polar surface area (TPSA) is 184 Å². The maximum absolute atomic E-state index is 15.4. The second-order valence-electron chi connectivity index (χ2n) is 15.8.